The second-order valence-corrected chi connectivity index (χ2v) is 6.16. The van der Waals surface area contributed by atoms with Gasteiger partial charge in [0.2, 0.25) is 0 Å². The molecule has 1 aliphatic rings. The Morgan fingerprint density at radius 3 is 2.24 bits per heavy atom. The minimum absolute atomic E-state index is 0.0848. The summed E-state index contributed by atoms with van der Waals surface area (Å²) >= 11 is 3.52. The first-order chi connectivity index (χ1) is 10.3. The second-order valence-electron chi connectivity index (χ2n) is 5.24. The van der Waals surface area contributed by atoms with Crippen LogP contribution < -0.4 is 9.80 Å². The standard InChI is InChI=1S/C17H19BrN2O/c18-15-7-6-14(13-21)17(12-15)20-10-8-19(9-11-20)16-4-2-1-3-5-16/h1-7,12,21H,8-11,13H2. The van der Waals surface area contributed by atoms with Gasteiger partial charge in [-0.3, -0.25) is 0 Å². The van der Waals surface area contributed by atoms with E-state index in [2.05, 4.69) is 62.1 Å². The molecule has 3 rings (SSSR count). The van der Waals surface area contributed by atoms with E-state index in [1.807, 2.05) is 12.1 Å². The number of halogens is 1. The van der Waals surface area contributed by atoms with Crippen molar-refractivity contribution in [2.45, 2.75) is 6.61 Å². The van der Waals surface area contributed by atoms with Crippen LogP contribution in [0.5, 0.6) is 0 Å². The van der Waals surface area contributed by atoms with Crippen LogP contribution in [0.4, 0.5) is 11.4 Å². The molecule has 1 N–H and O–H groups in total. The van der Waals surface area contributed by atoms with E-state index < -0.39 is 0 Å². The van der Waals surface area contributed by atoms with Crippen molar-refractivity contribution in [2.75, 3.05) is 36.0 Å². The Morgan fingerprint density at radius 1 is 0.905 bits per heavy atom. The molecule has 0 spiro atoms. The minimum Gasteiger partial charge on any atom is -0.392 e. The highest BCUT2D eigenvalue weighted by Gasteiger charge is 2.19. The van der Waals surface area contributed by atoms with E-state index in [4.69, 9.17) is 0 Å². The van der Waals surface area contributed by atoms with Crippen molar-refractivity contribution >= 4 is 27.3 Å². The van der Waals surface area contributed by atoms with Gasteiger partial charge in [-0.05, 0) is 24.3 Å². The summed E-state index contributed by atoms with van der Waals surface area (Å²) in [6.07, 6.45) is 0. The molecule has 0 saturated carbocycles. The number of piperazine rings is 1. The molecule has 1 heterocycles. The predicted molar refractivity (Wildman–Crippen MR) is 90.9 cm³/mol. The highest BCUT2D eigenvalue weighted by Crippen LogP contribution is 2.27. The molecule has 4 heteroatoms. The molecule has 0 aliphatic carbocycles. The highest BCUT2D eigenvalue weighted by atomic mass is 79.9. The molecule has 1 fully saturated rings. The van der Waals surface area contributed by atoms with Crippen LogP contribution >= 0.6 is 15.9 Å². The lowest BCUT2D eigenvalue weighted by molar-refractivity contribution is 0.282. The molecule has 110 valence electrons. The molecule has 0 unspecified atom stereocenters. The Bertz CT molecular complexity index is 595. The fraction of sp³-hybridized carbons (Fsp3) is 0.294. The lowest BCUT2D eigenvalue weighted by atomic mass is 10.1. The summed E-state index contributed by atoms with van der Waals surface area (Å²) < 4.78 is 1.06. The summed E-state index contributed by atoms with van der Waals surface area (Å²) in [7, 11) is 0. The zero-order valence-electron chi connectivity index (χ0n) is 11.9. The van der Waals surface area contributed by atoms with Crippen LogP contribution in [0, 0.1) is 0 Å². The Kier molecular flexibility index (Phi) is 4.46. The van der Waals surface area contributed by atoms with E-state index in [0.29, 0.717) is 0 Å². The van der Waals surface area contributed by atoms with Crippen molar-refractivity contribution in [3.63, 3.8) is 0 Å². The zero-order chi connectivity index (χ0) is 14.7. The first kappa shape index (κ1) is 14.4. The van der Waals surface area contributed by atoms with E-state index in [9.17, 15) is 5.11 Å². The smallest absolute Gasteiger partial charge is 0.0702 e. The molecule has 0 atom stereocenters. The number of hydrogen-bond donors (Lipinski definition) is 1. The molecule has 0 radical (unpaired) electrons. The predicted octanol–water partition coefficient (Wildman–Crippen LogP) is 3.27. The van der Waals surface area contributed by atoms with Gasteiger partial charge in [0.05, 0.1) is 6.61 Å². The number of aliphatic hydroxyl groups is 1. The molecule has 0 amide bonds. The summed E-state index contributed by atoms with van der Waals surface area (Å²) in [4.78, 5) is 4.77. The number of nitrogens with zero attached hydrogens (tertiary/aromatic N) is 2. The number of anilines is 2. The third-order valence-corrected chi connectivity index (χ3v) is 4.45. The van der Waals surface area contributed by atoms with Crippen LogP contribution in [0.1, 0.15) is 5.56 Å². The van der Waals surface area contributed by atoms with E-state index >= 15 is 0 Å². The Balaban J connectivity index is 1.73. The number of benzene rings is 2. The highest BCUT2D eigenvalue weighted by molar-refractivity contribution is 9.10. The van der Waals surface area contributed by atoms with Crippen LogP contribution in [0.15, 0.2) is 53.0 Å². The lowest BCUT2D eigenvalue weighted by Gasteiger charge is -2.38. The normalized spacial score (nSPS) is 15.3. The first-order valence-electron chi connectivity index (χ1n) is 7.22. The quantitative estimate of drug-likeness (QED) is 0.923. The van der Waals surface area contributed by atoms with E-state index in [0.717, 1.165) is 41.9 Å². The van der Waals surface area contributed by atoms with E-state index in [1.165, 1.54) is 5.69 Å². The van der Waals surface area contributed by atoms with E-state index in [1.54, 1.807) is 0 Å². The topological polar surface area (TPSA) is 26.7 Å². The van der Waals surface area contributed by atoms with Crippen LogP contribution in [0.25, 0.3) is 0 Å². The Hall–Kier alpha value is -1.52. The SMILES string of the molecule is OCc1ccc(Br)cc1N1CCN(c2ccccc2)CC1. The summed E-state index contributed by atoms with van der Waals surface area (Å²) in [5.41, 5.74) is 3.42. The van der Waals surface area contributed by atoms with Crippen molar-refractivity contribution in [1.82, 2.24) is 0 Å². The van der Waals surface area contributed by atoms with Gasteiger partial charge < -0.3 is 14.9 Å². The molecule has 1 saturated heterocycles. The fourth-order valence-electron chi connectivity index (χ4n) is 2.81. The average molecular weight is 347 g/mol. The first-order valence-corrected chi connectivity index (χ1v) is 8.01. The number of rotatable bonds is 3. The molecule has 3 nitrogen and oxygen atoms in total. The lowest BCUT2D eigenvalue weighted by Crippen LogP contribution is -2.46. The van der Waals surface area contributed by atoms with Crippen LogP contribution in [-0.2, 0) is 6.61 Å². The monoisotopic (exact) mass is 346 g/mol. The summed E-state index contributed by atoms with van der Waals surface area (Å²) in [6, 6.07) is 16.6. The largest absolute Gasteiger partial charge is 0.392 e. The number of para-hydroxylation sites is 1. The molecule has 0 aromatic heterocycles. The fourth-order valence-corrected chi connectivity index (χ4v) is 3.16. The maximum Gasteiger partial charge on any atom is 0.0702 e. The second kappa shape index (κ2) is 6.50. The minimum atomic E-state index is 0.0848. The average Bonchev–Trinajstić information content (AvgIpc) is 2.56. The van der Waals surface area contributed by atoms with Crippen molar-refractivity contribution in [1.29, 1.82) is 0 Å². The summed E-state index contributed by atoms with van der Waals surface area (Å²) in [5.74, 6) is 0. The molecule has 1 aliphatic heterocycles. The van der Waals surface area contributed by atoms with Gasteiger partial charge >= 0.3 is 0 Å². The van der Waals surface area contributed by atoms with Crippen LogP contribution in [-0.4, -0.2) is 31.3 Å². The third-order valence-electron chi connectivity index (χ3n) is 3.96. The number of hydrogen-bond acceptors (Lipinski definition) is 3. The summed E-state index contributed by atoms with van der Waals surface area (Å²) in [6.45, 7) is 4.03. The van der Waals surface area contributed by atoms with Gasteiger partial charge in [-0.2, -0.15) is 0 Å². The van der Waals surface area contributed by atoms with Gasteiger partial charge in [-0.25, -0.2) is 0 Å². The third kappa shape index (κ3) is 3.22. The maximum absolute atomic E-state index is 9.52. The van der Waals surface area contributed by atoms with E-state index in [-0.39, 0.29) is 6.61 Å². The molecular formula is C17H19BrN2O. The Labute approximate surface area is 133 Å². The van der Waals surface area contributed by atoms with Gasteiger partial charge in [-0.15, -0.1) is 0 Å². The van der Waals surface area contributed by atoms with Crippen LogP contribution in [0.2, 0.25) is 0 Å². The molecular weight excluding hydrogens is 328 g/mol. The van der Waals surface area contributed by atoms with Gasteiger partial charge in [0.1, 0.15) is 0 Å². The molecule has 2 aromatic rings. The maximum atomic E-state index is 9.52. The van der Waals surface area contributed by atoms with Gasteiger partial charge in [0.15, 0.2) is 0 Å². The zero-order valence-corrected chi connectivity index (χ0v) is 13.5. The molecule has 21 heavy (non-hydrogen) atoms. The molecule has 2 aromatic carbocycles. The van der Waals surface area contributed by atoms with Crippen molar-refractivity contribution in [3.05, 3.63) is 58.6 Å². The Morgan fingerprint density at radius 2 is 1.57 bits per heavy atom. The van der Waals surface area contributed by atoms with Gasteiger partial charge in [0, 0.05) is 47.6 Å². The van der Waals surface area contributed by atoms with Crippen LogP contribution in [0.3, 0.4) is 0 Å². The van der Waals surface area contributed by atoms with Gasteiger partial charge in [-0.1, -0.05) is 40.2 Å². The van der Waals surface area contributed by atoms with Gasteiger partial charge in [0.25, 0.3) is 0 Å². The number of aliphatic hydroxyl groups excluding tert-OH is 1. The van der Waals surface area contributed by atoms with Crippen molar-refractivity contribution in [2.24, 2.45) is 0 Å². The van der Waals surface area contributed by atoms with Crippen molar-refractivity contribution < 1.29 is 5.11 Å². The van der Waals surface area contributed by atoms with Crippen molar-refractivity contribution in [3.8, 4) is 0 Å². The molecule has 0 bridgehead atoms. The summed E-state index contributed by atoms with van der Waals surface area (Å²) in [5, 5.41) is 9.52.